The van der Waals surface area contributed by atoms with E-state index in [1.54, 1.807) is 0 Å². The zero-order chi connectivity index (χ0) is 6.81. The first-order valence-corrected chi connectivity index (χ1v) is 3.72. The average molecular weight is 143 g/mol. The van der Waals surface area contributed by atoms with Gasteiger partial charge in [-0.2, -0.15) is 11.1 Å². The Morgan fingerprint density at radius 1 is 1.00 bits per heavy atom. The fraction of sp³-hybridized carbons (Fsp3) is 1.00. The van der Waals surface area contributed by atoms with Crippen molar-refractivity contribution < 1.29 is 0 Å². The van der Waals surface area contributed by atoms with Crippen LogP contribution in [0.3, 0.4) is 0 Å². The first kappa shape index (κ1) is 6.51. The van der Waals surface area contributed by atoms with Gasteiger partial charge in [0.2, 0.25) is 0 Å². The molecule has 0 amide bonds. The molecule has 0 aromatic carbocycles. The predicted octanol–water partition coefficient (Wildman–Crippen LogP) is -1.52. The molecule has 5 nitrogen and oxygen atoms in total. The van der Waals surface area contributed by atoms with Crippen molar-refractivity contribution in [2.45, 2.75) is 19.1 Å². The highest BCUT2D eigenvalue weighted by Gasteiger charge is 2.23. The van der Waals surface area contributed by atoms with Gasteiger partial charge in [-0.3, -0.25) is 4.90 Å². The fourth-order valence-electron chi connectivity index (χ4n) is 1.43. The van der Waals surface area contributed by atoms with E-state index in [1.165, 1.54) is 25.9 Å². The maximum Gasteiger partial charge on any atom is 0.142 e. The predicted molar refractivity (Wildman–Crippen MR) is 37.1 cm³/mol. The van der Waals surface area contributed by atoms with Crippen LogP contribution in [0.4, 0.5) is 0 Å². The van der Waals surface area contributed by atoms with Gasteiger partial charge in [0, 0.05) is 13.1 Å². The second-order valence-electron chi connectivity index (χ2n) is 2.68. The van der Waals surface area contributed by atoms with Gasteiger partial charge >= 0.3 is 0 Å². The molecule has 58 valence electrons. The van der Waals surface area contributed by atoms with Gasteiger partial charge in [-0.25, -0.2) is 10.9 Å². The molecule has 2 heterocycles. The van der Waals surface area contributed by atoms with E-state index in [2.05, 4.69) is 26.8 Å². The highest BCUT2D eigenvalue weighted by Crippen LogP contribution is 2.08. The molecule has 5 heteroatoms. The number of hydrogen-bond acceptors (Lipinski definition) is 5. The number of rotatable bonds is 1. The molecule has 10 heavy (non-hydrogen) atoms. The molecular weight excluding hydrogens is 130 g/mol. The quantitative estimate of drug-likeness (QED) is 0.359. The van der Waals surface area contributed by atoms with Crippen molar-refractivity contribution in [2.24, 2.45) is 0 Å². The van der Waals surface area contributed by atoms with E-state index in [0.29, 0.717) is 0 Å². The third-order valence-electron chi connectivity index (χ3n) is 1.99. The topological polar surface area (TPSA) is 51.4 Å². The average Bonchev–Trinajstić information content (AvgIpc) is 2.59. The molecule has 0 atom stereocenters. The van der Waals surface area contributed by atoms with Gasteiger partial charge in [0.05, 0.1) is 0 Å². The summed E-state index contributed by atoms with van der Waals surface area (Å²) in [6.07, 6.45) is 2.90. The number of nitrogens with one attached hydrogen (secondary N) is 4. The smallest absolute Gasteiger partial charge is 0.142 e. The summed E-state index contributed by atoms with van der Waals surface area (Å²) < 4.78 is 0. The Morgan fingerprint density at radius 2 is 1.60 bits per heavy atom. The summed E-state index contributed by atoms with van der Waals surface area (Å²) >= 11 is 0. The van der Waals surface area contributed by atoms with E-state index < -0.39 is 0 Å². The molecule has 4 N–H and O–H groups in total. The molecule has 0 unspecified atom stereocenters. The maximum atomic E-state index is 3.05. The zero-order valence-electron chi connectivity index (χ0n) is 5.85. The molecule has 2 aliphatic rings. The fourth-order valence-corrected chi connectivity index (χ4v) is 1.43. The lowest BCUT2D eigenvalue weighted by molar-refractivity contribution is 0.196. The highest BCUT2D eigenvalue weighted by molar-refractivity contribution is 4.71. The molecular formula is C5H13N5. The number of likely N-dealkylation sites (tertiary alicyclic amines) is 1. The lowest BCUT2D eigenvalue weighted by atomic mass is 10.4. The lowest BCUT2D eigenvalue weighted by Gasteiger charge is -2.20. The summed E-state index contributed by atoms with van der Waals surface area (Å²) in [7, 11) is 0. The minimum atomic E-state index is 0.266. The van der Waals surface area contributed by atoms with Crippen LogP contribution in [0.1, 0.15) is 12.8 Å². The van der Waals surface area contributed by atoms with Crippen molar-refractivity contribution in [1.82, 2.24) is 26.8 Å². The van der Waals surface area contributed by atoms with Crippen LogP contribution < -0.4 is 21.9 Å². The Labute approximate surface area is 60.1 Å². The summed E-state index contributed by atoms with van der Waals surface area (Å²) in [6.45, 7) is 2.38. The Hall–Kier alpha value is -0.200. The first-order valence-electron chi connectivity index (χ1n) is 3.72. The highest BCUT2D eigenvalue weighted by atomic mass is 15.9. The maximum absolute atomic E-state index is 3.05. The van der Waals surface area contributed by atoms with Gasteiger partial charge < -0.3 is 0 Å². The Bertz CT molecular complexity index is 90.6. The van der Waals surface area contributed by atoms with E-state index in [-0.39, 0.29) is 6.29 Å². The van der Waals surface area contributed by atoms with Crippen LogP contribution in [0.5, 0.6) is 0 Å². The Kier molecular flexibility index (Phi) is 1.83. The number of hydrogen-bond donors (Lipinski definition) is 4. The van der Waals surface area contributed by atoms with Crippen LogP contribution in [0.15, 0.2) is 0 Å². The third kappa shape index (κ3) is 1.14. The van der Waals surface area contributed by atoms with E-state index >= 15 is 0 Å². The number of nitrogens with zero attached hydrogens (tertiary/aromatic N) is 1. The molecule has 2 rings (SSSR count). The van der Waals surface area contributed by atoms with E-state index in [4.69, 9.17) is 0 Å². The van der Waals surface area contributed by atoms with Crippen LogP contribution in [0, 0.1) is 0 Å². The van der Waals surface area contributed by atoms with Crippen LogP contribution in [0.25, 0.3) is 0 Å². The SMILES string of the molecule is C1CCN(C2NNNN2)C1. The van der Waals surface area contributed by atoms with Crippen LogP contribution in [-0.4, -0.2) is 24.3 Å². The van der Waals surface area contributed by atoms with Gasteiger partial charge in [0.15, 0.2) is 0 Å². The molecule has 0 saturated carbocycles. The minimum absolute atomic E-state index is 0.266. The first-order chi connectivity index (χ1) is 4.97. The second kappa shape index (κ2) is 2.81. The molecule has 0 aromatic heterocycles. The van der Waals surface area contributed by atoms with Crippen molar-refractivity contribution in [1.29, 1.82) is 0 Å². The van der Waals surface area contributed by atoms with Crippen molar-refractivity contribution >= 4 is 0 Å². The summed E-state index contributed by atoms with van der Waals surface area (Å²) in [6, 6.07) is 0. The number of hydrazine groups is 3. The van der Waals surface area contributed by atoms with Crippen LogP contribution >= 0.6 is 0 Å². The summed E-state index contributed by atoms with van der Waals surface area (Å²) in [5.74, 6) is 0. The van der Waals surface area contributed by atoms with Gasteiger partial charge in [-0.1, -0.05) is 0 Å². The van der Waals surface area contributed by atoms with Gasteiger partial charge in [0.25, 0.3) is 0 Å². The van der Waals surface area contributed by atoms with Crippen LogP contribution in [0.2, 0.25) is 0 Å². The standard InChI is InChI=1S/C5H13N5/c1-2-4-10(3-1)5-6-8-9-7-5/h5-9H,1-4H2. The minimum Gasteiger partial charge on any atom is -0.274 e. The van der Waals surface area contributed by atoms with E-state index in [9.17, 15) is 0 Å². The summed E-state index contributed by atoms with van der Waals surface area (Å²) in [5.41, 5.74) is 11.7. The zero-order valence-corrected chi connectivity index (χ0v) is 5.85. The summed E-state index contributed by atoms with van der Waals surface area (Å²) in [5, 5.41) is 0. The Morgan fingerprint density at radius 3 is 2.20 bits per heavy atom. The van der Waals surface area contributed by atoms with Crippen molar-refractivity contribution in [3.63, 3.8) is 0 Å². The Balaban J connectivity index is 1.85. The van der Waals surface area contributed by atoms with E-state index in [1.807, 2.05) is 0 Å². The van der Waals surface area contributed by atoms with E-state index in [0.717, 1.165) is 0 Å². The second-order valence-corrected chi connectivity index (χ2v) is 2.68. The van der Waals surface area contributed by atoms with Crippen LogP contribution in [-0.2, 0) is 0 Å². The molecule has 0 radical (unpaired) electrons. The molecule has 2 saturated heterocycles. The van der Waals surface area contributed by atoms with Gasteiger partial charge in [0.1, 0.15) is 6.29 Å². The molecule has 0 bridgehead atoms. The third-order valence-corrected chi connectivity index (χ3v) is 1.99. The molecule has 2 aliphatic heterocycles. The monoisotopic (exact) mass is 143 g/mol. The largest absolute Gasteiger partial charge is 0.274 e. The van der Waals surface area contributed by atoms with Crippen molar-refractivity contribution in [3.8, 4) is 0 Å². The lowest BCUT2D eigenvalue weighted by Crippen LogP contribution is -2.48. The van der Waals surface area contributed by atoms with Gasteiger partial charge in [-0.05, 0) is 12.8 Å². The molecule has 2 fully saturated rings. The van der Waals surface area contributed by atoms with Crippen molar-refractivity contribution in [3.05, 3.63) is 0 Å². The normalized spacial score (nSPS) is 30.0. The molecule has 0 aliphatic carbocycles. The van der Waals surface area contributed by atoms with Gasteiger partial charge in [-0.15, -0.1) is 0 Å². The molecule has 0 spiro atoms. The summed E-state index contributed by atoms with van der Waals surface area (Å²) in [4.78, 5) is 2.35. The van der Waals surface area contributed by atoms with Crippen molar-refractivity contribution in [2.75, 3.05) is 13.1 Å². The molecule has 0 aromatic rings.